The van der Waals surface area contributed by atoms with E-state index in [0.717, 1.165) is 12.0 Å². The molecule has 0 aromatic heterocycles. The highest BCUT2D eigenvalue weighted by molar-refractivity contribution is 5.51. The number of benzene rings is 1. The fourth-order valence-electron chi connectivity index (χ4n) is 1.83. The number of hydrogen-bond acceptors (Lipinski definition) is 2. The molecule has 0 amide bonds. The molecule has 1 aliphatic rings. The van der Waals surface area contributed by atoms with Gasteiger partial charge < -0.3 is 9.47 Å². The van der Waals surface area contributed by atoms with Crippen LogP contribution < -0.4 is 9.47 Å². The summed E-state index contributed by atoms with van der Waals surface area (Å²) in [5.74, 6) is 0.508. The predicted octanol–water partition coefficient (Wildman–Crippen LogP) is 3.28. The maximum absolute atomic E-state index is 13.5. The summed E-state index contributed by atoms with van der Waals surface area (Å²) in [7, 11) is 0. The zero-order chi connectivity index (χ0) is 11.8. The molecule has 1 aromatic carbocycles. The van der Waals surface area contributed by atoms with E-state index in [1.165, 1.54) is 6.07 Å². The van der Waals surface area contributed by atoms with Crippen molar-refractivity contribution in [2.75, 3.05) is 13.2 Å². The summed E-state index contributed by atoms with van der Waals surface area (Å²) in [6, 6.07) is 3.26. The fraction of sp³-hybridized carbons (Fsp3) is 0.538. The molecule has 0 spiro atoms. The van der Waals surface area contributed by atoms with Gasteiger partial charge in [0, 0.05) is 5.56 Å². The van der Waals surface area contributed by atoms with Crippen LogP contribution in [0.1, 0.15) is 32.8 Å². The summed E-state index contributed by atoms with van der Waals surface area (Å²) in [4.78, 5) is 0. The second-order valence-corrected chi connectivity index (χ2v) is 4.69. The van der Waals surface area contributed by atoms with Gasteiger partial charge in [0.2, 0.25) is 0 Å². The lowest BCUT2D eigenvalue weighted by atomic mass is 9.81. The van der Waals surface area contributed by atoms with Gasteiger partial charge in [-0.05, 0) is 17.9 Å². The van der Waals surface area contributed by atoms with Crippen molar-refractivity contribution in [2.45, 2.75) is 32.6 Å². The summed E-state index contributed by atoms with van der Waals surface area (Å²) in [6.45, 7) is 7.26. The van der Waals surface area contributed by atoms with Crippen molar-refractivity contribution in [3.63, 3.8) is 0 Å². The van der Waals surface area contributed by atoms with E-state index in [-0.39, 0.29) is 17.0 Å². The molecule has 0 radical (unpaired) electrons. The minimum atomic E-state index is -0.342. The molecule has 0 saturated heterocycles. The molecule has 1 aromatic rings. The molecule has 0 aliphatic carbocycles. The van der Waals surface area contributed by atoms with Crippen LogP contribution in [0.2, 0.25) is 0 Å². The fourth-order valence-corrected chi connectivity index (χ4v) is 1.83. The molecule has 0 atom stereocenters. The van der Waals surface area contributed by atoms with Crippen LogP contribution in [0, 0.1) is 5.82 Å². The smallest absolute Gasteiger partial charge is 0.197 e. The Balaban J connectivity index is 2.55. The van der Waals surface area contributed by atoms with Crippen LogP contribution in [-0.2, 0) is 5.41 Å². The minimum absolute atomic E-state index is 0.0293. The maximum atomic E-state index is 13.5. The summed E-state index contributed by atoms with van der Waals surface area (Å²) in [5, 5.41) is 0. The van der Waals surface area contributed by atoms with Crippen molar-refractivity contribution >= 4 is 0 Å². The van der Waals surface area contributed by atoms with Gasteiger partial charge in [0.1, 0.15) is 13.2 Å². The van der Waals surface area contributed by atoms with Gasteiger partial charge in [-0.25, -0.2) is 4.39 Å². The highest BCUT2D eigenvalue weighted by Crippen LogP contribution is 2.42. The van der Waals surface area contributed by atoms with Crippen LogP contribution in [-0.4, -0.2) is 13.2 Å². The van der Waals surface area contributed by atoms with Gasteiger partial charge in [0.15, 0.2) is 17.3 Å². The van der Waals surface area contributed by atoms with E-state index in [0.29, 0.717) is 19.0 Å². The van der Waals surface area contributed by atoms with E-state index in [9.17, 15) is 4.39 Å². The molecular weight excluding hydrogens is 207 g/mol. The molecule has 0 unspecified atom stereocenters. The van der Waals surface area contributed by atoms with Crippen LogP contribution in [0.5, 0.6) is 11.5 Å². The molecule has 1 heterocycles. The lowest BCUT2D eigenvalue weighted by molar-refractivity contribution is 0.160. The Morgan fingerprint density at radius 3 is 2.44 bits per heavy atom. The Morgan fingerprint density at radius 1 is 1.19 bits per heavy atom. The standard InChI is InChI=1S/C13H17FO2/c1-4-13(2,3)9-5-6-10(14)12-11(9)15-7-8-16-12/h5-6H,4,7-8H2,1-3H3. The topological polar surface area (TPSA) is 18.5 Å². The predicted molar refractivity (Wildman–Crippen MR) is 60.7 cm³/mol. The maximum Gasteiger partial charge on any atom is 0.197 e. The van der Waals surface area contributed by atoms with Crippen LogP contribution >= 0.6 is 0 Å². The molecular formula is C13H17FO2. The first-order valence-corrected chi connectivity index (χ1v) is 5.65. The van der Waals surface area contributed by atoms with Crippen LogP contribution in [0.25, 0.3) is 0 Å². The Bertz CT molecular complexity index is 399. The average Bonchev–Trinajstić information content (AvgIpc) is 2.29. The highest BCUT2D eigenvalue weighted by Gasteiger charge is 2.28. The quantitative estimate of drug-likeness (QED) is 0.767. The monoisotopic (exact) mass is 224 g/mol. The van der Waals surface area contributed by atoms with Gasteiger partial charge in [-0.15, -0.1) is 0 Å². The molecule has 16 heavy (non-hydrogen) atoms. The van der Waals surface area contributed by atoms with Gasteiger partial charge in [0.25, 0.3) is 0 Å². The van der Waals surface area contributed by atoms with Crippen molar-refractivity contribution in [3.05, 3.63) is 23.5 Å². The number of halogens is 1. The Morgan fingerprint density at radius 2 is 1.81 bits per heavy atom. The van der Waals surface area contributed by atoms with E-state index in [1.54, 1.807) is 6.07 Å². The van der Waals surface area contributed by atoms with Crippen LogP contribution in [0.4, 0.5) is 4.39 Å². The van der Waals surface area contributed by atoms with Crippen LogP contribution in [0.3, 0.4) is 0 Å². The SMILES string of the molecule is CCC(C)(C)c1ccc(F)c2c1OCCO2. The second kappa shape index (κ2) is 3.96. The lowest BCUT2D eigenvalue weighted by Gasteiger charge is -2.29. The largest absolute Gasteiger partial charge is 0.486 e. The first kappa shape index (κ1) is 11.2. The molecule has 1 aliphatic heterocycles. The van der Waals surface area contributed by atoms with E-state index >= 15 is 0 Å². The Kier molecular flexibility index (Phi) is 2.78. The summed E-state index contributed by atoms with van der Waals surface area (Å²) in [6.07, 6.45) is 0.967. The number of hydrogen-bond donors (Lipinski definition) is 0. The van der Waals surface area contributed by atoms with Gasteiger partial charge in [-0.2, -0.15) is 0 Å². The van der Waals surface area contributed by atoms with Crippen molar-refractivity contribution in [1.29, 1.82) is 0 Å². The highest BCUT2D eigenvalue weighted by atomic mass is 19.1. The van der Waals surface area contributed by atoms with Crippen molar-refractivity contribution in [1.82, 2.24) is 0 Å². The van der Waals surface area contributed by atoms with Gasteiger partial charge >= 0.3 is 0 Å². The Labute approximate surface area is 95.4 Å². The molecule has 0 saturated carbocycles. The van der Waals surface area contributed by atoms with Crippen molar-refractivity contribution < 1.29 is 13.9 Å². The second-order valence-electron chi connectivity index (χ2n) is 4.69. The van der Waals surface area contributed by atoms with Gasteiger partial charge in [-0.3, -0.25) is 0 Å². The van der Waals surface area contributed by atoms with Gasteiger partial charge in [0.05, 0.1) is 0 Å². The zero-order valence-corrected chi connectivity index (χ0v) is 9.97. The normalized spacial score (nSPS) is 15.0. The van der Waals surface area contributed by atoms with E-state index in [4.69, 9.17) is 9.47 Å². The molecule has 2 rings (SSSR count). The summed E-state index contributed by atoms with van der Waals surface area (Å²) in [5.41, 5.74) is 0.990. The van der Waals surface area contributed by atoms with Gasteiger partial charge in [-0.1, -0.05) is 26.8 Å². The average molecular weight is 224 g/mol. The lowest BCUT2D eigenvalue weighted by Crippen LogP contribution is -2.23. The zero-order valence-electron chi connectivity index (χ0n) is 9.97. The van der Waals surface area contributed by atoms with Crippen molar-refractivity contribution in [2.24, 2.45) is 0 Å². The molecule has 0 bridgehead atoms. The Hall–Kier alpha value is -1.25. The van der Waals surface area contributed by atoms with E-state index < -0.39 is 0 Å². The molecule has 3 heteroatoms. The first-order chi connectivity index (χ1) is 7.56. The first-order valence-electron chi connectivity index (χ1n) is 5.65. The summed E-state index contributed by atoms with van der Waals surface area (Å²) < 4.78 is 24.4. The molecule has 2 nitrogen and oxygen atoms in total. The number of rotatable bonds is 2. The molecule has 0 fully saturated rings. The third-order valence-corrected chi connectivity index (χ3v) is 3.25. The number of fused-ring (bicyclic) bond motifs is 1. The minimum Gasteiger partial charge on any atom is -0.486 e. The molecule has 0 N–H and O–H groups in total. The molecule has 88 valence electrons. The van der Waals surface area contributed by atoms with E-state index in [1.807, 2.05) is 0 Å². The number of ether oxygens (including phenoxy) is 2. The third-order valence-electron chi connectivity index (χ3n) is 3.25. The van der Waals surface area contributed by atoms with Crippen LogP contribution in [0.15, 0.2) is 12.1 Å². The summed E-state index contributed by atoms with van der Waals surface area (Å²) >= 11 is 0. The van der Waals surface area contributed by atoms with Crippen molar-refractivity contribution in [3.8, 4) is 11.5 Å². The van der Waals surface area contributed by atoms with E-state index in [2.05, 4.69) is 20.8 Å². The third kappa shape index (κ3) is 1.75.